The van der Waals surface area contributed by atoms with Crippen LogP contribution in [-0.4, -0.2) is 39.7 Å². The molecule has 0 aliphatic heterocycles. The summed E-state index contributed by atoms with van der Waals surface area (Å²) in [6, 6.07) is 2.69. The second kappa shape index (κ2) is 9.51. The molecule has 25 heavy (non-hydrogen) atoms. The lowest BCUT2D eigenvalue weighted by molar-refractivity contribution is 0.457. The molecule has 1 N–H and O–H groups in total. The largest absolute Gasteiger partial charge is 0.351 e. The van der Waals surface area contributed by atoms with Crippen molar-refractivity contribution in [3.63, 3.8) is 0 Å². The third-order valence-corrected chi connectivity index (χ3v) is 5.25. The zero-order chi connectivity index (χ0) is 16.9. The number of hydrogen-bond donors (Lipinski definition) is 1. The lowest BCUT2D eigenvalue weighted by atomic mass is 10.3. The van der Waals surface area contributed by atoms with Gasteiger partial charge in [-0.1, -0.05) is 12.8 Å². The highest BCUT2D eigenvalue weighted by Crippen LogP contribution is 2.28. The average Bonchev–Trinajstić information content (AvgIpc) is 3.29. The van der Waals surface area contributed by atoms with Gasteiger partial charge in [0.2, 0.25) is 0 Å². The summed E-state index contributed by atoms with van der Waals surface area (Å²) in [6.07, 6.45) is 7.27. The molecule has 1 saturated carbocycles. The number of guanidine groups is 1. The van der Waals surface area contributed by atoms with Crippen molar-refractivity contribution in [2.75, 3.05) is 14.1 Å². The van der Waals surface area contributed by atoms with Gasteiger partial charge in [0.05, 0.1) is 35.5 Å². The van der Waals surface area contributed by atoms with Gasteiger partial charge in [-0.25, -0.2) is 4.98 Å². The molecule has 0 radical (unpaired) electrons. The number of thiazole rings is 1. The van der Waals surface area contributed by atoms with E-state index >= 15 is 0 Å². The first-order valence-corrected chi connectivity index (χ1v) is 9.40. The normalized spacial score (nSPS) is 15.2. The van der Waals surface area contributed by atoms with Crippen LogP contribution >= 0.6 is 35.3 Å². The number of nitrogens with zero attached hydrogens (tertiary/aromatic N) is 5. The fourth-order valence-corrected chi connectivity index (χ4v) is 3.80. The predicted molar refractivity (Wildman–Crippen MR) is 114 cm³/mol. The van der Waals surface area contributed by atoms with Crippen molar-refractivity contribution < 1.29 is 0 Å². The van der Waals surface area contributed by atoms with E-state index in [4.69, 9.17) is 5.10 Å². The van der Waals surface area contributed by atoms with Gasteiger partial charge in [-0.15, -0.1) is 35.3 Å². The van der Waals surface area contributed by atoms with Crippen molar-refractivity contribution in [1.29, 1.82) is 0 Å². The second-order valence-corrected chi connectivity index (χ2v) is 7.40. The van der Waals surface area contributed by atoms with Gasteiger partial charge in [0.25, 0.3) is 0 Å². The molecule has 2 aromatic rings. The van der Waals surface area contributed by atoms with E-state index in [1.807, 2.05) is 21.0 Å². The molecule has 3 rings (SSSR count). The summed E-state index contributed by atoms with van der Waals surface area (Å²) in [5.74, 6) is 0.857. The van der Waals surface area contributed by atoms with Crippen LogP contribution < -0.4 is 5.32 Å². The van der Waals surface area contributed by atoms with E-state index in [-0.39, 0.29) is 24.0 Å². The first-order valence-electron chi connectivity index (χ1n) is 8.52. The van der Waals surface area contributed by atoms with Crippen LogP contribution in [0, 0.1) is 6.92 Å². The number of nitrogens with one attached hydrogen (secondary N) is 1. The van der Waals surface area contributed by atoms with Crippen molar-refractivity contribution >= 4 is 41.3 Å². The lowest BCUT2D eigenvalue weighted by Crippen LogP contribution is -2.38. The smallest absolute Gasteiger partial charge is 0.194 e. The molecule has 0 amide bonds. The minimum Gasteiger partial charge on any atom is -0.351 e. The molecule has 6 nitrogen and oxygen atoms in total. The van der Waals surface area contributed by atoms with Crippen molar-refractivity contribution in [3.05, 3.63) is 34.0 Å². The maximum atomic E-state index is 4.72. The minimum atomic E-state index is 0. The van der Waals surface area contributed by atoms with E-state index in [2.05, 4.69) is 42.5 Å². The molecule has 0 saturated heterocycles. The molecule has 0 bridgehead atoms. The third kappa shape index (κ3) is 5.40. The summed E-state index contributed by atoms with van der Waals surface area (Å²) in [4.78, 5) is 11.0. The third-order valence-electron chi connectivity index (χ3n) is 4.43. The molecule has 0 unspecified atom stereocenters. The Labute approximate surface area is 170 Å². The van der Waals surface area contributed by atoms with Crippen LogP contribution in [0.1, 0.15) is 48.1 Å². The van der Waals surface area contributed by atoms with Crippen molar-refractivity contribution in [2.24, 2.45) is 4.99 Å². The van der Waals surface area contributed by atoms with E-state index in [1.54, 1.807) is 11.3 Å². The molecule has 2 aromatic heterocycles. The zero-order valence-corrected chi connectivity index (χ0v) is 18.3. The second-order valence-electron chi connectivity index (χ2n) is 6.34. The van der Waals surface area contributed by atoms with E-state index in [0.29, 0.717) is 12.6 Å². The van der Waals surface area contributed by atoms with Gasteiger partial charge in [-0.2, -0.15) is 5.10 Å². The highest BCUT2D eigenvalue weighted by Gasteiger charge is 2.17. The number of aryl methyl sites for hydroxylation is 1. The summed E-state index contributed by atoms with van der Waals surface area (Å²) in [5, 5.41) is 11.3. The molecule has 8 heteroatoms. The van der Waals surface area contributed by atoms with Crippen LogP contribution in [0.25, 0.3) is 0 Å². The van der Waals surface area contributed by atoms with Crippen LogP contribution in [0.4, 0.5) is 0 Å². The topological polar surface area (TPSA) is 58.3 Å². The van der Waals surface area contributed by atoms with Gasteiger partial charge in [-0.05, 0) is 25.8 Å². The SMILES string of the molecule is CN=C(NCc1ccn(C2CCCC2)n1)N(C)Cc1csc(C)n1.I. The zero-order valence-electron chi connectivity index (χ0n) is 15.1. The Morgan fingerprint density at radius 1 is 1.40 bits per heavy atom. The molecule has 138 valence electrons. The Hall–Kier alpha value is -1.16. The molecule has 1 aliphatic rings. The average molecular weight is 474 g/mol. The first-order chi connectivity index (χ1) is 11.7. The van der Waals surface area contributed by atoms with Crippen LogP contribution in [0.15, 0.2) is 22.6 Å². The van der Waals surface area contributed by atoms with Gasteiger partial charge < -0.3 is 10.2 Å². The fraction of sp³-hybridized carbons (Fsp3) is 0.588. The van der Waals surface area contributed by atoms with E-state index in [0.717, 1.165) is 28.9 Å². The van der Waals surface area contributed by atoms with E-state index in [1.165, 1.54) is 25.7 Å². The molecule has 1 aliphatic carbocycles. The molecule has 0 spiro atoms. The Balaban J connectivity index is 0.00000225. The molecule has 1 fully saturated rings. The van der Waals surface area contributed by atoms with Gasteiger partial charge in [0.15, 0.2) is 5.96 Å². The van der Waals surface area contributed by atoms with Crippen LogP contribution in [0.5, 0.6) is 0 Å². The number of aromatic nitrogens is 3. The van der Waals surface area contributed by atoms with Gasteiger partial charge in [0, 0.05) is 25.7 Å². The van der Waals surface area contributed by atoms with Gasteiger partial charge in [-0.3, -0.25) is 9.67 Å². The van der Waals surface area contributed by atoms with E-state index in [9.17, 15) is 0 Å². The Bertz CT molecular complexity index is 689. The van der Waals surface area contributed by atoms with Crippen LogP contribution in [0.3, 0.4) is 0 Å². The van der Waals surface area contributed by atoms with Crippen molar-refractivity contribution in [2.45, 2.75) is 51.7 Å². The molecule has 0 aromatic carbocycles. The van der Waals surface area contributed by atoms with Gasteiger partial charge >= 0.3 is 0 Å². The van der Waals surface area contributed by atoms with Crippen LogP contribution in [-0.2, 0) is 13.1 Å². The van der Waals surface area contributed by atoms with Crippen molar-refractivity contribution in [3.8, 4) is 0 Å². The molecular formula is C17H27IN6S. The Kier molecular flexibility index (Phi) is 7.67. The standard InChI is InChI=1S/C17H26N6S.HI/c1-13-20-15(12-24-13)11-22(3)17(18-2)19-10-14-8-9-23(21-14)16-6-4-5-7-16;/h8-9,12,16H,4-7,10-11H2,1-3H3,(H,18,19);1H. The molecule has 2 heterocycles. The summed E-state index contributed by atoms with van der Waals surface area (Å²) in [6.45, 7) is 3.47. The maximum absolute atomic E-state index is 4.72. The molecular weight excluding hydrogens is 447 g/mol. The summed E-state index contributed by atoms with van der Waals surface area (Å²) >= 11 is 1.68. The maximum Gasteiger partial charge on any atom is 0.194 e. The summed E-state index contributed by atoms with van der Waals surface area (Å²) < 4.78 is 2.13. The summed E-state index contributed by atoms with van der Waals surface area (Å²) in [7, 11) is 3.84. The number of aliphatic imine (C=N–C) groups is 1. The highest BCUT2D eigenvalue weighted by atomic mass is 127. The molecule has 0 atom stereocenters. The lowest BCUT2D eigenvalue weighted by Gasteiger charge is -2.20. The van der Waals surface area contributed by atoms with Gasteiger partial charge in [0.1, 0.15) is 0 Å². The fourth-order valence-electron chi connectivity index (χ4n) is 3.20. The van der Waals surface area contributed by atoms with E-state index < -0.39 is 0 Å². The predicted octanol–water partition coefficient (Wildman–Crippen LogP) is 3.59. The number of hydrogen-bond acceptors (Lipinski definition) is 4. The summed E-state index contributed by atoms with van der Waals surface area (Å²) in [5.41, 5.74) is 2.13. The van der Waals surface area contributed by atoms with Crippen molar-refractivity contribution in [1.82, 2.24) is 25.0 Å². The first kappa shape index (κ1) is 20.2. The monoisotopic (exact) mass is 474 g/mol. The Morgan fingerprint density at radius 2 is 2.16 bits per heavy atom. The number of halogens is 1. The highest BCUT2D eigenvalue weighted by molar-refractivity contribution is 14.0. The quantitative estimate of drug-likeness (QED) is 0.409. The van der Waals surface area contributed by atoms with Crippen LogP contribution in [0.2, 0.25) is 0 Å². The Morgan fingerprint density at radius 3 is 2.80 bits per heavy atom. The minimum absolute atomic E-state index is 0. The number of rotatable bonds is 5.